The Hall–Kier alpha value is -1.22. The molecule has 1 aromatic rings. The van der Waals surface area contributed by atoms with Crippen molar-refractivity contribution >= 4 is 5.69 Å². The average molecular weight is 274 g/mol. The third-order valence-corrected chi connectivity index (χ3v) is 4.52. The molecular formula is C17H26N2O. The Morgan fingerprint density at radius 2 is 2.10 bits per heavy atom. The first-order valence-electron chi connectivity index (χ1n) is 7.91. The van der Waals surface area contributed by atoms with E-state index in [2.05, 4.69) is 49.2 Å². The van der Waals surface area contributed by atoms with Gasteiger partial charge in [0.25, 0.3) is 0 Å². The number of rotatable bonds is 4. The summed E-state index contributed by atoms with van der Waals surface area (Å²) < 4.78 is 5.75. The highest BCUT2D eigenvalue weighted by molar-refractivity contribution is 5.54. The maximum absolute atomic E-state index is 5.75. The zero-order chi connectivity index (χ0) is 14.1. The quantitative estimate of drug-likeness (QED) is 0.910. The van der Waals surface area contributed by atoms with Crippen molar-refractivity contribution in [1.82, 2.24) is 4.90 Å². The fourth-order valence-electron chi connectivity index (χ4n) is 3.59. The second-order valence-corrected chi connectivity index (χ2v) is 6.43. The van der Waals surface area contributed by atoms with Gasteiger partial charge in [0, 0.05) is 24.3 Å². The molecule has 0 spiro atoms. The summed E-state index contributed by atoms with van der Waals surface area (Å²) in [6.07, 6.45) is 4.22. The first-order chi connectivity index (χ1) is 9.63. The summed E-state index contributed by atoms with van der Waals surface area (Å²) in [6, 6.07) is 7.76. The van der Waals surface area contributed by atoms with E-state index < -0.39 is 0 Å². The number of ether oxygens (including phenoxy) is 1. The number of anilines is 1. The maximum atomic E-state index is 5.75. The first kappa shape index (κ1) is 13.7. The Bertz CT molecular complexity index is 472. The molecule has 1 N–H and O–H groups in total. The van der Waals surface area contributed by atoms with Crippen LogP contribution in [-0.4, -0.2) is 36.2 Å². The molecule has 20 heavy (non-hydrogen) atoms. The molecule has 3 rings (SSSR count). The lowest BCUT2D eigenvalue weighted by Crippen LogP contribution is -2.33. The Morgan fingerprint density at radius 1 is 1.25 bits per heavy atom. The zero-order valence-corrected chi connectivity index (χ0v) is 12.9. The molecule has 3 nitrogen and oxygen atoms in total. The second kappa shape index (κ2) is 5.65. The van der Waals surface area contributed by atoms with Gasteiger partial charge in [-0.25, -0.2) is 0 Å². The number of hydrogen-bond acceptors (Lipinski definition) is 3. The molecule has 2 aliphatic heterocycles. The van der Waals surface area contributed by atoms with Crippen LogP contribution in [0.2, 0.25) is 0 Å². The number of hydrogen-bond donors (Lipinski definition) is 1. The maximum Gasteiger partial charge on any atom is 0.120 e. The summed E-state index contributed by atoms with van der Waals surface area (Å²) in [5.41, 5.74) is 2.54. The van der Waals surface area contributed by atoms with Crippen LogP contribution in [0.25, 0.3) is 0 Å². The molecule has 1 aromatic carbocycles. The zero-order valence-electron chi connectivity index (χ0n) is 12.9. The van der Waals surface area contributed by atoms with Crippen molar-refractivity contribution in [2.24, 2.45) is 0 Å². The highest BCUT2D eigenvalue weighted by atomic mass is 16.5. The molecule has 0 amide bonds. The Kier molecular flexibility index (Phi) is 3.88. The summed E-state index contributed by atoms with van der Waals surface area (Å²) in [6.45, 7) is 8.85. The van der Waals surface area contributed by atoms with Gasteiger partial charge < -0.3 is 10.1 Å². The molecule has 2 atom stereocenters. The third-order valence-electron chi connectivity index (χ3n) is 4.52. The molecule has 2 aliphatic rings. The van der Waals surface area contributed by atoms with Crippen LogP contribution in [0.15, 0.2) is 18.2 Å². The van der Waals surface area contributed by atoms with Crippen LogP contribution in [0.3, 0.4) is 0 Å². The number of fused-ring (bicyclic) bond motifs is 1. The van der Waals surface area contributed by atoms with E-state index in [1.165, 1.54) is 43.6 Å². The summed E-state index contributed by atoms with van der Waals surface area (Å²) in [5.74, 6) is 0.969. The monoisotopic (exact) mass is 274 g/mol. The molecule has 2 saturated heterocycles. The Morgan fingerprint density at radius 3 is 2.85 bits per heavy atom. The smallest absolute Gasteiger partial charge is 0.120 e. The SMILES string of the molecule is Cc1cc(OC(C)C)ccc1NC1CCN2CCCC12. The molecule has 0 radical (unpaired) electrons. The average Bonchev–Trinajstić information content (AvgIpc) is 2.96. The Balaban J connectivity index is 1.68. The van der Waals surface area contributed by atoms with Gasteiger partial charge in [-0.05, 0) is 70.3 Å². The van der Waals surface area contributed by atoms with E-state index in [1.807, 2.05) is 0 Å². The minimum Gasteiger partial charge on any atom is -0.491 e. The fourth-order valence-corrected chi connectivity index (χ4v) is 3.59. The van der Waals surface area contributed by atoms with Crippen LogP contribution in [0.5, 0.6) is 5.75 Å². The predicted octanol–water partition coefficient (Wildman–Crippen LogP) is 3.43. The third kappa shape index (κ3) is 2.78. The molecule has 0 aliphatic carbocycles. The van der Waals surface area contributed by atoms with Crippen LogP contribution < -0.4 is 10.1 Å². The molecule has 0 saturated carbocycles. The van der Waals surface area contributed by atoms with Gasteiger partial charge in [-0.1, -0.05) is 0 Å². The first-order valence-corrected chi connectivity index (χ1v) is 7.91. The van der Waals surface area contributed by atoms with Gasteiger partial charge in [0.1, 0.15) is 5.75 Å². The molecule has 2 heterocycles. The second-order valence-electron chi connectivity index (χ2n) is 6.43. The number of nitrogens with zero attached hydrogens (tertiary/aromatic N) is 1. The van der Waals surface area contributed by atoms with Crippen molar-refractivity contribution < 1.29 is 4.74 Å². The van der Waals surface area contributed by atoms with Crippen LogP contribution in [0.1, 0.15) is 38.7 Å². The standard InChI is InChI=1S/C17H26N2O/c1-12(2)20-14-6-7-15(13(3)11-14)18-16-8-10-19-9-4-5-17(16)19/h6-7,11-12,16-18H,4-5,8-10H2,1-3H3. The van der Waals surface area contributed by atoms with Gasteiger partial charge in [0.2, 0.25) is 0 Å². The Labute approximate surface area is 122 Å². The van der Waals surface area contributed by atoms with Gasteiger partial charge in [-0.15, -0.1) is 0 Å². The van der Waals surface area contributed by atoms with Gasteiger partial charge in [-0.2, -0.15) is 0 Å². The minimum absolute atomic E-state index is 0.232. The predicted molar refractivity (Wildman–Crippen MR) is 83.6 cm³/mol. The highest BCUT2D eigenvalue weighted by Crippen LogP contribution is 2.31. The van der Waals surface area contributed by atoms with Gasteiger partial charge in [0.15, 0.2) is 0 Å². The van der Waals surface area contributed by atoms with Gasteiger partial charge in [0.05, 0.1) is 6.10 Å². The topological polar surface area (TPSA) is 24.5 Å². The van der Waals surface area contributed by atoms with Crippen LogP contribution in [0, 0.1) is 6.92 Å². The van der Waals surface area contributed by atoms with E-state index in [9.17, 15) is 0 Å². The van der Waals surface area contributed by atoms with E-state index in [4.69, 9.17) is 4.74 Å². The van der Waals surface area contributed by atoms with Crippen LogP contribution >= 0.6 is 0 Å². The molecular weight excluding hydrogens is 248 g/mol. The van der Waals surface area contributed by atoms with Crippen molar-refractivity contribution in [3.05, 3.63) is 23.8 Å². The van der Waals surface area contributed by atoms with E-state index in [1.54, 1.807) is 0 Å². The molecule has 0 bridgehead atoms. The van der Waals surface area contributed by atoms with E-state index in [0.717, 1.165) is 11.8 Å². The molecule has 2 unspecified atom stereocenters. The molecule has 3 heteroatoms. The number of aryl methyl sites for hydroxylation is 1. The van der Waals surface area contributed by atoms with Crippen molar-refractivity contribution in [2.45, 2.75) is 58.2 Å². The summed E-state index contributed by atoms with van der Waals surface area (Å²) in [4.78, 5) is 2.64. The lowest BCUT2D eigenvalue weighted by atomic mass is 10.1. The highest BCUT2D eigenvalue weighted by Gasteiger charge is 2.37. The lowest BCUT2D eigenvalue weighted by molar-refractivity contribution is 0.242. The van der Waals surface area contributed by atoms with Gasteiger partial charge in [-0.3, -0.25) is 4.90 Å². The molecule has 2 fully saturated rings. The molecule has 0 aromatic heterocycles. The summed E-state index contributed by atoms with van der Waals surface area (Å²) in [5, 5.41) is 3.76. The van der Waals surface area contributed by atoms with E-state index in [-0.39, 0.29) is 6.10 Å². The van der Waals surface area contributed by atoms with Gasteiger partial charge >= 0.3 is 0 Å². The van der Waals surface area contributed by atoms with E-state index in [0.29, 0.717) is 6.04 Å². The van der Waals surface area contributed by atoms with Crippen molar-refractivity contribution in [3.63, 3.8) is 0 Å². The number of nitrogens with one attached hydrogen (secondary N) is 1. The normalized spacial score (nSPS) is 26.0. The van der Waals surface area contributed by atoms with Crippen molar-refractivity contribution in [1.29, 1.82) is 0 Å². The molecule has 110 valence electrons. The minimum atomic E-state index is 0.232. The van der Waals surface area contributed by atoms with Crippen molar-refractivity contribution in [2.75, 3.05) is 18.4 Å². The van der Waals surface area contributed by atoms with E-state index >= 15 is 0 Å². The van der Waals surface area contributed by atoms with Crippen LogP contribution in [0.4, 0.5) is 5.69 Å². The summed E-state index contributed by atoms with van der Waals surface area (Å²) in [7, 11) is 0. The van der Waals surface area contributed by atoms with Crippen molar-refractivity contribution in [3.8, 4) is 5.75 Å². The fraction of sp³-hybridized carbons (Fsp3) is 0.647. The lowest BCUT2D eigenvalue weighted by Gasteiger charge is -2.23. The summed E-state index contributed by atoms with van der Waals surface area (Å²) >= 11 is 0. The largest absolute Gasteiger partial charge is 0.491 e. The number of benzene rings is 1. The van der Waals surface area contributed by atoms with Crippen LogP contribution in [-0.2, 0) is 0 Å².